The van der Waals surface area contributed by atoms with Crippen molar-refractivity contribution in [1.82, 2.24) is 15.4 Å². The second-order valence-electron chi connectivity index (χ2n) is 1.75. The zero-order chi connectivity index (χ0) is 6.69. The fourth-order valence-electron chi connectivity index (χ4n) is 0.464. The van der Waals surface area contributed by atoms with Crippen molar-refractivity contribution < 1.29 is 5.11 Å². The van der Waals surface area contributed by atoms with Gasteiger partial charge in [-0.15, -0.1) is 10.2 Å². The van der Waals surface area contributed by atoms with Gasteiger partial charge in [0.05, 0.1) is 18.5 Å². The van der Waals surface area contributed by atoms with Crippen LogP contribution >= 0.6 is 0 Å². The maximum atomic E-state index is 8.92. The van der Waals surface area contributed by atoms with Gasteiger partial charge in [-0.25, -0.2) is 0 Å². The molecule has 0 aliphatic carbocycles. The zero-order valence-corrected chi connectivity index (χ0v) is 5.02. The van der Waals surface area contributed by atoms with E-state index in [0.717, 1.165) is 0 Å². The van der Waals surface area contributed by atoms with Crippen molar-refractivity contribution in [1.29, 1.82) is 0 Å². The van der Waals surface area contributed by atoms with Gasteiger partial charge in [-0.2, -0.15) is 0 Å². The molecule has 0 spiro atoms. The van der Waals surface area contributed by atoms with E-state index in [9.17, 15) is 0 Å². The van der Waals surface area contributed by atoms with Crippen molar-refractivity contribution >= 4 is 0 Å². The van der Waals surface area contributed by atoms with E-state index < -0.39 is 6.10 Å². The average Bonchev–Trinajstić information content (AvgIpc) is 1.90. The maximum absolute atomic E-state index is 8.92. The molecule has 1 heterocycles. The van der Waals surface area contributed by atoms with Gasteiger partial charge in [0.1, 0.15) is 0 Å². The van der Waals surface area contributed by atoms with Gasteiger partial charge in [0.2, 0.25) is 0 Å². The molecule has 1 rings (SSSR count). The number of hydrogen-bond acceptors (Lipinski definition) is 4. The highest BCUT2D eigenvalue weighted by molar-refractivity contribution is 5.03. The van der Waals surface area contributed by atoms with E-state index in [1.807, 2.05) is 0 Å². The number of hydrogen-bond donors (Lipinski definition) is 1. The fourth-order valence-corrected chi connectivity index (χ4v) is 0.464. The largest absolute Gasteiger partial charge is 0.389 e. The van der Waals surface area contributed by atoms with Crippen LogP contribution in [0.15, 0.2) is 12.4 Å². The lowest BCUT2D eigenvalue weighted by Crippen LogP contribution is -1.94. The summed E-state index contributed by atoms with van der Waals surface area (Å²) in [6, 6.07) is 0. The Kier molecular flexibility index (Phi) is 1.69. The summed E-state index contributed by atoms with van der Waals surface area (Å²) in [7, 11) is 0. The van der Waals surface area contributed by atoms with Crippen molar-refractivity contribution in [2.75, 3.05) is 0 Å². The molecule has 0 fully saturated rings. The Bertz CT molecular complexity index is 175. The Morgan fingerprint density at radius 2 is 2.00 bits per heavy atom. The van der Waals surface area contributed by atoms with E-state index in [4.69, 9.17) is 5.11 Å². The van der Waals surface area contributed by atoms with Gasteiger partial charge in [0, 0.05) is 5.56 Å². The predicted molar refractivity (Wildman–Crippen MR) is 30.5 cm³/mol. The summed E-state index contributed by atoms with van der Waals surface area (Å²) >= 11 is 0. The Balaban J connectivity index is 2.85. The van der Waals surface area contributed by atoms with Crippen LogP contribution in [-0.4, -0.2) is 20.5 Å². The summed E-state index contributed by atoms with van der Waals surface area (Å²) in [5.74, 6) is 0. The van der Waals surface area contributed by atoms with Crippen molar-refractivity contribution in [2.45, 2.75) is 13.0 Å². The molecular weight excluding hydrogens is 118 g/mol. The molecule has 0 amide bonds. The normalized spacial score (nSPS) is 13.1. The van der Waals surface area contributed by atoms with Crippen LogP contribution in [0.4, 0.5) is 0 Å². The molecule has 1 N–H and O–H groups in total. The smallest absolute Gasteiger partial charge is 0.0793 e. The molecule has 9 heavy (non-hydrogen) atoms. The topological polar surface area (TPSA) is 58.9 Å². The number of nitrogens with zero attached hydrogens (tertiary/aromatic N) is 3. The Morgan fingerprint density at radius 1 is 1.44 bits per heavy atom. The summed E-state index contributed by atoms with van der Waals surface area (Å²) in [6.45, 7) is 1.65. The van der Waals surface area contributed by atoms with Crippen LogP contribution in [0.2, 0.25) is 0 Å². The Hall–Kier alpha value is -1.03. The van der Waals surface area contributed by atoms with Crippen LogP contribution in [0.25, 0.3) is 0 Å². The minimum atomic E-state index is -0.506. The van der Waals surface area contributed by atoms with E-state index in [2.05, 4.69) is 15.4 Å². The van der Waals surface area contributed by atoms with Crippen LogP contribution in [0.5, 0.6) is 0 Å². The predicted octanol–water partition coefficient (Wildman–Crippen LogP) is -0.0751. The molecule has 0 aromatic carbocycles. The van der Waals surface area contributed by atoms with Crippen molar-refractivity contribution in [2.24, 2.45) is 0 Å². The maximum Gasteiger partial charge on any atom is 0.0793 e. The SMILES string of the molecule is CC(O)c1cnnnc1. The third kappa shape index (κ3) is 1.43. The molecule has 48 valence electrons. The molecule has 0 saturated heterocycles. The van der Waals surface area contributed by atoms with Gasteiger partial charge in [-0.05, 0) is 12.1 Å². The van der Waals surface area contributed by atoms with Crippen molar-refractivity contribution in [3.05, 3.63) is 18.0 Å². The highest BCUT2D eigenvalue weighted by atomic mass is 16.3. The summed E-state index contributed by atoms with van der Waals surface area (Å²) in [5, 5.41) is 19.2. The van der Waals surface area contributed by atoms with E-state index in [1.54, 1.807) is 6.92 Å². The minimum Gasteiger partial charge on any atom is -0.389 e. The highest BCUT2D eigenvalue weighted by Gasteiger charge is 1.98. The van der Waals surface area contributed by atoms with Gasteiger partial charge in [0.25, 0.3) is 0 Å². The van der Waals surface area contributed by atoms with Crippen LogP contribution in [-0.2, 0) is 0 Å². The van der Waals surface area contributed by atoms with Crippen LogP contribution in [0, 0.1) is 0 Å². The molecule has 0 radical (unpaired) electrons. The van der Waals surface area contributed by atoms with Crippen molar-refractivity contribution in [3.63, 3.8) is 0 Å². The quantitative estimate of drug-likeness (QED) is 0.570. The molecule has 0 bridgehead atoms. The summed E-state index contributed by atoms with van der Waals surface area (Å²) < 4.78 is 0. The van der Waals surface area contributed by atoms with Gasteiger partial charge < -0.3 is 5.11 Å². The molecule has 1 unspecified atom stereocenters. The van der Waals surface area contributed by atoms with Gasteiger partial charge >= 0.3 is 0 Å². The van der Waals surface area contributed by atoms with E-state index in [1.165, 1.54) is 12.4 Å². The first-order chi connectivity index (χ1) is 4.30. The van der Waals surface area contributed by atoms with Crippen LogP contribution in [0.3, 0.4) is 0 Å². The van der Waals surface area contributed by atoms with Crippen LogP contribution in [0.1, 0.15) is 18.6 Å². The number of aliphatic hydroxyl groups excluding tert-OH is 1. The molecular formula is C5H7N3O. The monoisotopic (exact) mass is 125 g/mol. The molecule has 1 aromatic rings. The molecule has 4 heteroatoms. The van der Waals surface area contributed by atoms with E-state index in [0.29, 0.717) is 5.56 Å². The molecule has 0 aliphatic rings. The van der Waals surface area contributed by atoms with Gasteiger partial charge in [-0.3, -0.25) is 0 Å². The zero-order valence-electron chi connectivity index (χ0n) is 5.02. The standard InChI is InChI=1S/C5H7N3O/c1-4(9)5-2-6-8-7-3-5/h2-4,9H,1H3. The first kappa shape index (κ1) is 6.10. The van der Waals surface area contributed by atoms with Crippen molar-refractivity contribution in [3.8, 4) is 0 Å². The second-order valence-corrected chi connectivity index (χ2v) is 1.75. The molecule has 1 atom stereocenters. The fraction of sp³-hybridized carbons (Fsp3) is 0.400. The minimum absolute atomic E-state index is 0.506. The third-order valence-electron chi connectivity index (χ3n) is 0.999. The van der Waals surface area contributed by atoms with Crippen LogP contribution < -0.4 is 0 Å². The van der Waals surface area contributed by atoms with Gasteiger partial charge in [0.15, 0.2) is 0 Å². The third-order valence-corrected chi connectivity index (χ3v) is 0.999. The average molecular weight is 125 g/mol. The summed E-state index contributed by atoms with van der Waals surface area (Å²) in [4.78, 5) is 0. The molecule has 1 aromatic heterocycles. The number of rotatable bonds is 1. The lowest BCUT2D eigenvalue weighted by Gasteiger charge is -1.98. The number of aromatic nitrogens is 3. The highest BCUT2D eigenvalue weighted by Crippen LogP contribution is 2.05. The van der Waals surface area contributed by atoms with E-state index >= 15 is 0 Å². The second kappa shape index (κ2) is 2.50. The number of aliphatic hydroxyl groups is 1. The summed E-state index contributed by atoms with van der Waals surface area (Å²) in [5.41, 5.74) is 0.685. The lowest BCUT2D eigenvalue weighted by atomic mass is 10.2. The first-order valence-electron chi connectivity index (χ1n) is 2.62. The van der Waals surface area contributed by atoms with E-state index in [-0.39, 0.29) is 0 Å². The molecule has 0 aliphatic heterocycles. The Morgan fingerprint density at radius 3 is 2.33 bits per heavy atom. The summed E-state index contributed by atoms with van der Waals surface area (Å²) in [6.07, 6.45) is 2.46. The molecule has 4 nitrogen and oxygen atoms in total. The lowest BCUT2D eigenvalue weighted by molar-refractivity contribution is 0.198. The van der Waals surface area contributed by atoms with Gasteiger partial charge in [-0.1, -0.05) is 0 Å². The molecule has 0 saturated carbocycles. The first-order valence-corrected chi connectivity index (χ1v) is 2.62. The Labute approximate surface area is 52.6 Å².